The number of carbonyl (C=O) groups is 2. The van der Waals surface area contributed by atoms with Crippen molar-refractivity contribution in [3.63, 3.8) is 0 Å². The van der Waals surface area contributed by atoms with Crippen LogP contribution in [0.1, 0.15) is 1.43 Å². The van der Waals surface area contributed by atoms with Gasteiger partial charge in [-0.2, -0.15) is 0 Å². The second-order valence-electron chi connectivity index (χ2n) is 2.99. The zero-order valence-corrected chi connectivity index (χ0v) is 6.40. The molecule has 3 nitrogen and oxygen atoms in total. The fourth-order valence-corrected chi connectivity index (χ4v) is 1.72. The Kier molecular flexibility index (Phi) is 1.40. The van der Waals surface area contributed by atoms with Gasteiger partial charge < -0.3 is 4.74 Å². The molecule has 0 saturated heterocycles. The second kappa shape index (κ2) is 2.30. The molecule has 2 aliphatic rings. The Morgan fingerprint density at radius 3 is 3.00 bits per heavy atom. The Balaban J connectivity index is 0.000000845. The number of rotatable bonds is 2. The molecule has 0 amide bonds. The van der Waals surface area contributed by atoms with Crippen molar-refractivity contribution in [2.45, 2.75) is 0 Å². The predicted molar refractivity (Wildman–Crippen MR) is 43.0 cm³/mol. The molecule has 0 aromatic rings. The summed E-state index contributed by atoms with van der Waals surface area (Å²) in [5.74, 6) is -0.549. The first-order valence-corrected chi connectivity index (χ1v) is 3.79. The van der Waals surface area contributed by atoms with Crippen molar-refractivity contribution in [3.05, 3.63) is 25.0 Å². The van der Waals surface area contributed by atoms with Crippen LogP contribution in [-0.4, -0.2) is 11.8 Å². The third-order valence-corrected chi connectivity index (χ3v) is 2.36. The number of esters is 1. The molecule has 0 aliphatic heterocycles. The highest BCUT2D eigenvalue weighted by atomic mass is 16.5. The van der Waals surface area contributed by atoms with E-state index < -0.39 is 0 Å². The third kappa shape index (κ3) is 0.826. The number of allylic oxidation sites excluding steroid dienone is 2. The van der Waals surface area contributed by atoms with Crippen LogP contribution in [0.3, 0.4) is 0 Å². The van der Waals surface area contributed by atoms with Gasteiger partial charge in [-0.25, -0.2) is 0 Å². The van der Waals surface area contributed by atoms with Crippen LogP contribution in [0.2, 0.25) is 0 Å². The summed E-state index contributed by atoms with van der Waals surface area (Å²) in [5, 5.41) is 0. The van der Waals surface area contributed by atoms with Gasteiger partial charge in [0.15, 0.2) is 5.78 Å². The van der Waals surface area contributed by atoms with E-state index in [0.29, 0.717) is 0 Å². The SMILES string of the molecule is C=COC(=O)[C@H]1[C@@H]2C=CC(=O)[C@@H]21.[HH]. The number of carbonyl (C=O) groups excluding carboxylic acids is 2. The van der Waals surface area contributed by atoms with E-state index in [9.17, 15) is 9.59 Å². The van der Waals surface area contributed by atoms with Gasteiger partial charge in [0, 0.05) is 13.3 Å². The molecule has 0 unspecified atom stereocenters. The molecule has 1 fully saturated rings. The molecule has 2 aliphatic carbocycles. The number of fused-ring (bicyclic) bond motifs is 1. The zero-order valence-electron chi connectivity index (χ0n) is 6.40. The van der Waals surface area contributed by atoms with Gasteiger partial charge in [0.1, 0.15) is 0 Å². The molecule has 0 aromatic carbocycles. The summed E-state index contributed by atoms with van der Waals surface area (Å²) in [6.45, 7) is 3.28. The van der Waals surface area contributed by atoms with Gasteiger partial charge in [0.05, 0.1) is 12.2 Å². The molecule has 0 spiro atoms. The lowest BCUT2D eigenvalue weighted by Gasteiger charge is -1.96. The van der Waals surface area contributed by atoms with E-state index in [1.54, 1.807) is 6.08 Å². The van der Waals surface area contributed by atoms with Crippen LogP contribution in [0.15, 0.2) is 25.0 Å². The van der Waals surface area contributed by atoms with E-state index in [0.717, 1.165) is 6.26 Å². The smallest absolute Gasteiger partial charge is 0.315 e. The van der Waals surface area contributed by atoms with E-state index in [1.807, 2.05) is 0 Å². The Labute approximate surface area is 71.2 Å². The molecule has 3 heteroatoms. The largest absolute Gasteiger partial charge is 0.435 e. The van der Waals surface area contributed by atoms with Gasteiger partial charge in [-0.1, -0.05) is 12.7 Å². The van der Waals surface area contributed by atoms with Gasteiger partial charge >= 0.3 is 5.97 Å². The maximum atomic E-state index is 11.1. The average Bonchev–Trinajstić information content (AvgIpc) is 2.65. The topological polar surface area (TPSA) is 43.4 Å². The molecule has 0 N–H and O–H groups in total. The van der Waals surface area contributed by atoms with Crippen molar-refractivity contribution in [1.29, 1.82) is 0 Å². The first-order valence-electron chi connectivity index (χ1n) is 3.79. The predicted octanol–water partition coefficient (Wildman–Crippen LogP) is 0.920. The van der Waals surface area contributed by atoms with E-state index in [4.69, 9.17) is 0 Å². The fraction of sp³-hybridized carbons (Fsp3) is 0.333. The van der Waals surface area contributed by atoms with Crippen LogP contribution >= 0.6 is 0 Å². The van der Waals surface area contributed by atoms with E-state index in [2.05, 4.69) is 11.3 Å². The Hall–Kier alpha value is -1.38. The lowest BCUT2D eigenvalue weighted by atomic mass is 10.2. The number of hydrogen-bond acceptors (Lipinski definition) is 3. The minimum Gasteiger partial charge on any atom is -0.435 e. The average molecular weight is 166 g/mol. The lowest BCUT2D eigenvalue weighted by Crippen LogP contribution is -2.08. The van der Waals surface area contributed by atoms with Crippen LogP contribution in [0, 0.1) is 17.8 Å². The zero-order chi connectivity index (χ0) is 8.72. The van der Waals surface area contributed by atoms with E-state index in [1.165, 1.54) is 6.08 Å². The molecular formula is C9H10O3. The molecular weight excluding hydrogens is 156 g/mol. The molecule has 0 bridgehead atoms. The Morgan fingerprint density at radius 2 is 2.50 bits per heavy atom. The number of ketones is 1. The van der Waals surface area contributed by atoms with Crippen molar-refractivity contribution in [2.24, 2.45) is 17.8 Å². The summed E-state index contributed by atoms with van der Waals surface area (Å²) in [6.07, 6.45) is 4.42. The maximum Gasteiger partial charge on any atom is 0.315 e. The highest BCUT2D eigenvalue weighted by molar-refractivity contribution is 6.02. The maximum absolute atomic E-state index is 11.1. The minimum absolute atomic E-state index is 0. The quantitative estimate of drug-likeness (QED) is 0.452. The summed E-state index contributed by atoms with van der Waals surface area (Å²) in [5.41, 5.74) is 0. The highest BCUT2D eigenvalue weighted by Gasteiger charge is 2.60. The second-order valence-corrected chi connectivity index (χ2v) is 2.99. The molecule has 3 atom stereocenters. The summed E-state index contributed by atoms with van der Waals surface area (Å²) in [7, 11) is 0. The Bertz CT molecular complexity index is 295. The number of hydrogen-bond donors (Lipinski definition) is 0. The van der Waals surface area contributed by atoms with Gasteiger partial charge in [-0.3, -0.25) is 9.59 Å². The summed E-state index contributed by atoms with van der Waals surface area (Å²) in [4.78, 5) is 22.1. The van der Waals surface area contributed by atoms with Crippen LogP contribution in [0.25, 0.3) is 0 Å². The number of ether oxygens (including phenoxy) is 1. The minimum atomic E-state index is -0.335. The highest BCUT2D eigenvalue weighted by Crippen LogP contribution is 2.52. The van der Waals surface area contributed by atoms with Gasteiger partial charge in [0.2, 0.25) is 0 Å². The molecule has 12 heavy (non-hydrogen) atoms. The molecule has 1 saturated carbocycles. The monoisotopic (exact) mass is 166 g/mol. The molecule has 64 valence electrons. The summed E-state index contributed by atoms with van der Waals surface area (Å²) >= 11 is 0. The fourth-order valence-electron chi connectivity index (χ4n) is 1.72. The van der Waals surface area contributed by atoms with Crippen molar-refractivity contribution >= 4 is 11.8 Å². The van der Waals surface area contributed by atoms with Crippen LogP contribution in [0.5, 0.6) is 0 Å². The van der Waals surface area contributed by atoms with Crippen LogP contribution in [-0.2, 0) is 14.3 Å². The first kappa shape index (κ1) is 7.28. The molecule has 0 heterocycles. The van der Waals surface area contributed by atoms with Crippen LogP contribution < -0.4 is 0 Å². The molecule has 2 rings (SSSR count). The molecule has 0 radical (unpaired) electrons. The summed E-state index contributed by atoms with van der Waals surface area (Å²) in [6, 6.07) is 0. The van der Waals surface area contributed by atoms with Crippen molar-refractivity contribution in [2.75, 3.05) is 0 Å². The Morgan fingerprint density at radius 1 is 1.75 bits per heavy atom. The molecule has 0 aromatic heterocycles. The van der Waals surface area contributed by atoms with E-state index in [-0.39, 0.29) is 30.9 Å². The third-order valence-electron chi connectivity index (χ3n) is 2.36. The van der Waals surface area contributed by atoms with Gasteiger partial charge in [-0.05, 0) is 6.08 Å². The standard InChI is InChI=1S/C9H8O3.H2/c1-2-12-9(11)8-5-3-4-6(10)7(5)8;/h2-5,7-8H,1H2;1H/t5-,7-,8+;/m1./s1. The summed E-state index contributed by atoms with van der Waals surface area (Å²) < 4.78 is 4.59. The van der Waals surface area contributed by atoms with Gasteiger partial charge in [-0.15, -0.1) is 0 Å². The van der Waals surface area contributed by atoms with Gasteiger partial charge in [0.25, 0.3) is 0 Å². The first-order chi connectivity index (χ1) is 5.75. The van der Waals surface area contributed by atoms with Crippen molar-refractivity contribution in [3.8, 4) is 0 Å². The van der Waals surface area contributed by atoms with Crippen LogP contribution in [0.4, 0.5) is 0 Å². The lowest BCUT2D eigenvalue weighted by molar-refractivity contribution is -0.140. The van der Waals surface area contributed by atoms with Crippen molar-refractivity contribution in [1.82, 2.24) is 0 Å². The van der Waals surface area contributed by atoms with E-state index >= 15 is 0 Å². The normalized spacial score (nSPS) is 36.0. The van der Waals surface area contributed by atoms with Crippen molar-refractivity contribution < 1.29 is 15.8 Å².